The summed E-state index contributed by atoms with van der Waals surface area (Å²) >= 11 is 11.2. The third kappa shape index (κ3) is 6.61. The number of rotatable bonds is 9. The molecule has 0 aliphatic heterocycles. The van der Waals surface area contributed by atoms with Gasteiger partial charge in [-0.15, -0.1) is 12.6 Å². The maximum absolute atomic E-state index is 5.22. The fourth-order valence-electron chi connectivity index (χ4n) is 2.14. The third-order valence-corrected chi connectivity index (χ3v) is 4.83. The lowest BCUT2D eigenvalue weighted by molar-refractivity contribution is 0.251. The van der Waals surface area contributed by atoms with Crippen LogP contribution in [0.1, 0.15) is 50.5 Å². The summed E-state index contributed by atoms with van der Waals surface area (Å²) < 4.78 is 0.719. The van der Waals surface area contributed by atoms with Crippen molar-refractivity contribution in [2.75, 3.05) is 13.1 Å². The summed E-state index contributed by atoms with van der Waals surface area (Å²) in [5.74, 6) is 0. The molecule has 0 bridgehead atoms. The minimum absolute atomic E-state index is 0.291. The molecule has 1 atom stereocenters. The van der Waals surface area contributed by atoms with Crippen LogP contribution >= 0.6 is 36.6 Å². The third-order valence-electron chi connectivity index (χ3n) is 3.23. The summed E-state index contributed by atoms with van der Waals surface area (Å²) in [5, 5.41) is 0.291. The summed E-state index contributed by atoms with van der Waals surface area (Å²) in [6.45, 7) is 6.73. The highest BCUT2D eigenvalue weighted by Gasteiger charge is 2.21. The van der Waals surface area contributed by atoms with E-state index in [9.17, 15) is 0 Å². The Kier molecular flexibility index (Phi) is 9.61. The van der Waals surface area contributed by atoms with E-state index in [2.05, 4.69) is 61.7 Å². The fourth-order valence-corrected chi connectivity index (χ4v) is 3.55. The summed E-state index contributed by atoms with van der Waals surface area (Å²) in [5.41, 5.74) is 1.32. The molecule has 0 saturated heterocycles. The van der Waals surface area contributed by atoms with Crippen molar-refractivity contribution >= 4 is 40.1 Å². The van der Waals surface area contributed by atoms with Crippen LogP contribution < -0.4 is 0 Å². The Hall–Kier alpha value is -0.0300. The second kappa shape index (κ2) is 10.7. The van der Waals surface area contributed by atoms with Crippen molar-refractivity contribution in [3.05, 3.63) is 35.9 Å². The van der Waals surface area contributed by atoms with Crippen molar-refractivity contribution in [3.63, 3.8) is 0 Å². The van der Waals surface area contributed by atoms with E-state index in [0.29, 0.717) is 5.37 Å². The molecule has 0 heterocycles. The van der Waals surface area contributed by atoms with E-state index in [0.717, 1.165) is 16.6 Å². The van der Waals surface area contributed by atoms with Crippen molar-refractivity contribution < 1.29 is 0 Å². The zero-order valence-corrected chi connectivity index (χ0v) is 14.9. The number of thiol groups is 1. The van der Waals surface area contributed by atoms with Gasteiger partial charge in [0, 0.05) is 0 Å². The standard InChI is InChI=1S/C16H25NS3/c1-3-5-12-17(13-6-4-2)15(20-16(18)19)14-10-8-7-9-11-14/h7-11,15H,3-6,12-13H2,1-2H3,(H,18,19). The molecule has 0 N–H and O–H groups in total. The van der Waals surface area contributed by atoms with E-state index in [1.54, 1.807) is 11.8 Å². The lowest BCUT2D eigenvalue weighted by Crippen LogP contribution is -2.29. The summed E-state index contributed by atoms with van der Waals surface area (Å²) in [6.07, 6.45) is 4.90. The molecule has 4 heteroatoms. The largest absolute Gasteiger partial charge is 0.287 e. The summed E-state index contributed by atoms with van der Waals surface area (Å²) in [4.78, 5) is 2.55. The Bertz CT molecular complexity index is 373. The number of benzene rings is 1. The van der Waals surface area contributed by atoms with Gasteiger partial charge in [-0.3, -0.25) is 4.90 Å². The lowest BCUT2D eigenvalue weighted by Gasteiger charge is -2.31. The molecule has 0 spiro atoms. The average Bonchev–Trinajstić information content (AvgIpc) is 2.46. The molecule has 112 valence electrons. The predicted octanol–water partition coefficient (Wildman–Crippen LogP) is 5.54. The van der Waals surface area contributed by atoms with Crippen molar-refractivity contribution in [1.82, 2.24) is 4.90 Å². The van der Waals surface area contributed by atoms with Crippen LogP contribution in [0.25, 0.3) is 0 Å². The first kappa shape index (κ1) is 18.0. The highest BCUT2D eigenvalue weighted by atomic mass is 32.2. The maximum Gasteiger partial charge on any atom is 0.103 e. The number of hydrogen-bond acceptors (Lipinski definition) is 3. The van der Waals surface area contributed by atoms with Gasteiger partial charge in [0.15, 0.2) is 0 Å². The molecule has 0 fully saturated rings. The van der Waals surface area contributed by atoms with Gasteiger partial charge in [0.2, 0.25) is 0 Å². The molecule has 1 aromatic carbocycles. The van der Waals surface area contributed by atoms with Gasteiger partial charge in [-0.05, 0) is 31.5 Å². The van der Waals surface area contributed by atoms with Crippen molar-refractivity contribution in [3.8, 4) is 0 Å². The Labute approximate surface area is 138 Å². The van der Waals surface area contributed by atoms with Gasteiger partial charge in [-0.1, -0.05) is 81.0 Å². The zero-order valence-electron chi connectivity index (χ0n) is 12.4. The Morgan fingerprint density at radius 2 is 1.70 bits per heavy atom. The van der Waals surface area contributed by atoms with E-state index in [1.165, 1.54) is 31.2 Å². The van der Waals surface area contributed by atoms with E-state index < -0.39 is 0 Å². The number of thiocarbonyl (C=S) groups is 1. The van der Waals surface area contributed by atoms with E-state index in [1.807, 2.05) is 0 Å². The molecule has 0 aliphatic carbocycles. The Balaban J connectivity index is 2.87. The molecule has 1 unspecified atom stereocenters. The van der Waals surface area contributed by atoms with Gasteiger partial charge in [0.25, 0.3) is 0 Å². The normalized spacial score (nSPS) is 12.6. The SMILES string of the molecule is CCCCN(CCCC)C(SC(=S)S)c1ccccc1. The van der Waals surface area contributed by atoms with Crippen molar-refractivity contribution in [1.29, 1.82) is 0 Å². The van der Waals surface area contributed by atoms with Gasteiger partial charge in [-0.2, -0.15) is 0 Å². The van der Waals surface area contributed by atoms with Crippen LogP contribution in [0.3, 0.4) is 0 Å². The zero-order chi connectivity index (χ0) is 14.8. The molecular weight excluding hydrogens is 302 g/mol. The molecular formula is C16H25NS3. The molecule has 1 rings (SSSR count). The highest BCUT2D eigenvalue weighted by molar-refractivity contribution is 8.41. The van der Waals surface area contributed by atoms with Crippen LogP contribution in [-0.2, 0) is 0 Å². The molecule has 20 heavy (non-hydrogen) atoms. The minimum atomic E-state index is 0.291. The molecule has 0 amide bonds. The van der Waals surface area contributed by atoms with Crippen LogP contribution in [0.15, 0.2) is 30.3 Å². The molecule has 1 nitrogen and oxygen atoms in total. The van der Waals surface area contributed by atoms with Crippen molar-refractivity contribution in [2.45, 2.75) is 44.9 Å². The Morgan fingerprint density at radius 3 is 2.15 bits per heavy atom. The van der Waals surface area contributed by atoms with Gasteiger partial charge < -0.3 is 0 Å². The average molecular weight is 328 g/mol. The van der Waals surface area contributed by atoms with Crippen LogP contribution in [-0.4, -0.2) is 21.5 Å². The van der Waals surface area contributed by atoms with E-state index in [-0.39, 0.29) is 0 Å². The lowest BCUT2D eigenvalue weighted by atomic mass is 10.2. The van der Waals surface area contributed by atoms with Gasteiger partial charge in [0.05, 0.1) is 5.37 Å². The quantitative estimate of drug-likeness (QED) is 0.361. The highest BCUT2D eigenvalue weighted by Crippen LogP contribution is 2.35. The molecule has 1 aromatic rings. The van der Waals surface area contributed by atoms with Crippen LogP contribution in [0.5, 0.6) is 0 Å². The van der Waals surface area contributed by atoms with Crippen LogP contribution in [0.2, 0.25) is 0 Å². The van der Waals surface area contributed by atoms with E-state index >= 15 is 0 Å². The first-order valence-corrected chi connectivity index (χ1v) is 9.11. The molecule has 0 aromatic heterocycles. The Morgan fingerprint density at radius 1 is 1.15 bits per heavy atom. The number of unbranched alkanes of at least 4 members (excludes halogenated alkanes) is 2. The second-order valence-corrected chi connectivity index (χ2v) is 7.70. The summed E-state index contributed by atoms with van der Waals surface area (Å²) in [6, 6.07) is 10.6. The molecule has 0 radical (unpaired) electrons. The van der Waals surface area contributed by atoms with E-state index in [4.69, 9.17) is 12.2 Å². The number of thioether (sulfide) groups is 1. The topological polar surface area (TPSA) is 3.24 Å². The smallest absolute Gasteiger partial charge is 0.103 e. The number of nitrogens with zero attached hydrogens (tertiary/aromatic N) is 1. The minimum Gasteiger partial charge on any atom is -0.287 e. The fraction of sp³-hybridized carbons (Fsp3) is 0.562. The maximum atomic E-state index is 5.22. The summed E-state index contributed by atoms with van der Waals surface area (Å²) in [7, 11) is 0. The second-order valence-electron chi connectivity index (χ2n) is 4.89. The van der Waals surface area contributed by atoms with Crippen LogP contribution in [0.4, 0.5) is 0 Å². The number of hydrogen-bond donors (Lipinski definition) is 1. The molecule has 0 aliphatic rings. The first-order valence-electron chi connectivity index (χ1n) is 7.37. The van der Waals surface area contributed by atoms with Gasteiger partial charge in [-0.25, -0.2) is 0 Å². The van der Waals surface area contributed by atoms with Crippen molar-refractivity contribution in [2.24, 2.45) is 0 Å². The predicted molar refractivity (Wildman–Crippen MR) is 99.7 cm³/mol. The van der Waals surface area contributed by atoms with Gasteiger partial charge >= 0.3 is 0 Å². The molecule has 0 saturated carbocycles. The first-order chi connectivity index (χ1) is 9.69. The monoisotopic (exact) mass is 327 g/mol. The van der Waals surface area contributed by atoms with Crippen LogP contribution in [0, 0.1) is 0 Å². The van der Waals surface area contributed by atoms with Gasteiger partial charge in [0.1, 0.15) is 3.53 Å².